The Morgan fingerprint density at radius 3 is 2.60 bits per heavy atom. The number of ether oxygens (including phenoxy) is 7. The zero-order valence-electron chi connectivity index (χ0n) is 24.4. The molecule has 5 atom stereocenters. The van der Waals surface area contributed by atoms with E-state index in [1.54, 1.807) is 43.5 Å². The lowest BCUT2D eigenvalue weighted by molar-refractivity contribution is -0.152. The molecule has 42 heavy (non-hydrogen) atoms. The Kier molecular flexibility index (Phi) is 9.30. The second-order valence-electron chi connectivity index (χ2n) is 11.1. The van der Waals surface area contributed by atoms with Crippen LogP contribution in [0.15, 0.2) is 60.7 Å². The lowest BCUT2D eigenvalue weighted by atomic mass is 9.98. The Hall–Kier alpha value is -3.66. The third kappa shape index (κ3) is 6.86. The summed E-state index contributed by atoms with van der Waals surface area (Å²) in [6.45, 7) is 3.64. The van der Waals surface area contributed by atoms with E-state index >= 15 is 0 Å². The number of rotatable bonds is 6. The minimum absolute atomic E-state index is 0.0432. The maximum absolute atomic E-state index is 13.7. The zero-order valence-corrected chi connectivity index (χ0v) is 24.4. The van der Waals surface area contributed by atoms with Crippen LogP contribution in [-0.2, 0) is 23.7 Å². The number of fused-ring (bicyclic) bond motifs is 3. The van der Waals surface area contributed by atoms with Crippen LogP contribution >= 0.6 is 0 Å². The van der Waals surface area contributed by atoms with Gasteiger partial charge in [0.1, 0.15) is 35.4 Å². The van der Waals surface area contributed by atoms with Gasteiger partial charge in [-0.05, 0) is 69.4 Å². The molecule has 0 spiro atoms. The normalized spacial score (nSPS) is 28.3. The molecule has 9 nitrogen and oxygen atoms in total. The molecule has 2 aromatic carbocycles. The maximum Gasteiger partial charge on any atom is 0.342 e. The summed E-state index contributed by atoms with van der Waals surface area (Å²) in [7, 11) is 3.06. The van der Waals surface area contributed by atoms with Crippen molar-refractivity contribution in [1.82, 2.24) is 0 Å². The SMILES string of the molecule is COCOc1cc(OC)cc2c1C(=O)O[C@H]1CCC[C@H]1/C=C\C(OC(=O)c1ccccc1)[C@H]1OC(C)(C)O[C@H]1C/C=C/2. The van der Waals surface area contributed by atoms with E-state index in [4.69, 9.17) is 33.2 Å². The largest absolute Gasteiger partial charge is 0.497 e. The standard InChI is InChI=1S/C33H38O9/c1-33(2)41-27-15-9-13-23-18-24(37-4)19-28(38-20-36-3)29(23)32(35)39-25-14-8-12-21(25)16-17-26(30(27)42-33)40-31(34)22-10-6-5-7-11-22/h5-7,9-11,13,16-19,21,25-27,30H,8,12,14-15,20H2,1-4H3/b13-9+,17-16-/t21-,25-,26?,27-,30+/m0/s1. The fourth-order valence-corrected chi connectivity index (χ4v) is 5.72. The predicted octanol–water partition coefficient (Wildman–Crippen LogP) is 5.72. The third-order valence-electron chi connectivity index (χ3n) is 7.65. The van der Waals surface area contributed by atoms with Crippen LogP contribution in [0.4, 0.5) is 0 Å². The molecule has 0 radical (unpaired) electrons. The van der Waals surface area contributed by atoms with Crippen LogP contribution in [0.25, 0.3) is 6.08 Å². The first-order chi connectivity index (χ1) is 20.3. The van der Waals surface area contributed by atoms with Crippen LogP contribution in [0.2, 0.25) is 0 Å². The molecule has 0 bridgehead atoms. The predicted molar refractivity (Wildman–Crippen MR) is 154 cm³/mol. The summed E-state index contributed by atoms with van der Waals surface area (Å²) >= 11 is 0. The first-order valence-corrected chi connectivity index (χ1v) is 14.3. The fraction of sp³-hybridized carbons (Fsp3) is 0.455. The van der Waals surface area contributed by atoms with Gasteiger partial charge in [-0.3, -0.25) is 0 Å². The lowest BCUT2D eigenvalue weighted by Crippen LogP contribution is -2.37. The van der Waals surface area contributed by atoms with E-state index < -0.39 is 36.0 Å². The minimum Gasteiger partial charge on any atom is -0.497 e. The summed E-state index contributed by atoms with van der Waals surface area (Å²) < 4.78 is 41.2. The second-order valence-corrected chi connectivity index (χ2v) is 11.1. The average molecular weight is 579 g/mol. The highest BCUT2D eigenvalue weighted by Crippen LogP contribution is 2.37. The van der Waals surface area contributed by atoms with E-state index in [2.05, 4.69) is 0 Å². The molecule has 1 saturated heterocycles. The average Bonchev–Trinajstić information content (AvgIpc) is 3.55. The lowest BCUT2D eigenvalue weighted by Gasteiger charge is -2.25. The van der Waals surface area contributed by atoms with Gasteiger partial charge in [0, 0.05) is 19.1 Å². The Bertz CT molecular complexity index is 1320. The Morgan fingerprint density at radius 1 is 1.02 bits per heavy atom. The number of hydrogen-bond acceptors (Lipinski definition) is 9. The number of benzene rings is 2. The molecule has 9 heteroatoms. The van der Waals surface area contributed by atoms with Crippen molar-refractivity contribution in [2.75, 3.05) is 21.0 Å². The molecule has 2 fully saturated rings. The van der Waals surface area contributed by atoms with E-state index in [-0.39, 0.29) is 18.8 Å². The molecular weight excluding hydrogens is 540 g/mol. The van der Waals surface area contributed by atoms with Gasteiger partial charge in [0.05, 0.1) is 18.8 Å². The first kappa shape index (κ1) is 29.8. The highest BCUT2D eigenvalue weighted by molar-refractivity contribution is 5.97. The van der Waals surface area contributed by atoms with E-state index in [1.165, 1.54) is 7.11 Å². The Labute approximate surface area is 246 Å². The van der Waals surface area contributed by atoms with Crippen LogP contribution in [0, 0.1) is 5.92 Å². The third-order valence-corrected chi connectivity index (χ3v) is 7.65. The highest BCUT2D eigenvalue weighted by atomic mass is 16.8. The summed E-state index contributed by atoms with van der Waals surface area (Å²) in [4.78, 5) is 26.8. The Balaban J connectivity index is 1.54. The van der Waals surface area contributed by atoms with Gasteiger partial charge < -0.3 is 33.2 Å². The second kappa shape index (κ2) is 13.1. The monoisotopic (exact) mass is 578 g/mol. The van der Waals surface area contributed by atoms with Crippen molar-refractivity contribution < 1.29 is 42.7 Å². The van der Waals surface area contributed by atoms with Crippen molar-refractivity contribution in [2.45, 2.75) is 69.7 Å². The van der Waals surface area contributed by atoms with Gasteiger partial charge in [-0.1, -0.05) is 36.4 Å². The molecule has 2 heterocycles. The van der Waals surface area contributed by atoms with E-state index in [9.17, 15) is 9.59 Å². The van der Waals surface area contributed by atoms with Crippen molar-refractivity contribution in [2.24, 2.45) is 5.92 Å². The van der Waals surface area contributed by atoms with Gasteiger partial charge in [-0.25, -0.2) is 9.59 Å². The van der Waals surface area contributed by atoms with E-state index in [0.717, 1.165) is 12.8 Å². The molecule has 2 aromatic rings. The molecule has 1 unspecified atom stereocenters. The van der Waals surface area contributed by atoms with Crippen molar-refractivity contribution in [3.05, 3.63) is 77.4 Å². The first-order valence-electron chi connectivity index (χ1n) is 14.3. The summed E-state index contributed by atoms with van der Waals surface area (Å²) in [6, 6.07) is 12.3. The Morgan fingerprint density at radius 2 is 1.83 bits per heavy atom. The van der Waals surface area contributed by atoms with Crippen LogP contribution < -0.4 is 9.47 Å². The number of carbonyl (C=O) groups excluding carboxylic acids is 2. The smallest absolute Gasteiger partial charge is 0.342 e. The number of esters is 2. The number of carbonyl (C=O) groups is 2. The van der Waals surface area contributed by atoms with Crippen molar-refractivity contribution in [3.8, 4) is 11.5 Å². The van der Waals surface area contributed by atoms with Crippen molar-refractivity contribution >= 4 is 18.0 Å². The van der Waals surface area contributed by atoms with Crippen LogP contribution in [0.5, 0.6) is 11.5 Å². The van der Waals surface area contributed by atoms with Gasteiger partial charge >= 0.3 is 11.9 Å². The van der Waals surface area contributed by atoms with Crippen molar-refractivity contribution in [1.29, 1.82) is 0 Å². The summed E-state index contributed by atoms with van der Waals surface area (Å²) in [6.07, 6.45) is 8.35. The maximum atomic E-state index is 13.7. The van der Waals surface area contributed by atoms with Crippen LogP contribution in [0.3, 0.4) is 0 Å². The molecule has 1 aliphatic carbocycles. The van der Waals surface area contributed by atoms with Gasteiger partial charge in [0.25, 0.3) is 0 Å². The summed E-state index contributed by atoms with van der Waals surface area (Å²) in [5.74, 6) is -1.06. The molecule has 2 aliphatic heterocycles. The number of hydrogen-bond donors (Lipinski definition) is 0. The highest BCUT2D eigenvalue weighted by Gasteiger charge is 2.46. The summed E-state index contributed by atoms with van der Waals surface area (Å²) in [5.41, 5.74) is 1.32. The summed E-state index contributed by atoms with van der Waals surface area (Å²) in [5, 5.41) is 0. The minimum atomic E-state index is -0.889. The van der Waals surface area contributed by atoms with Gasteiger partial charge in [0.15, 0.2) is 12.6 Å². The fourth-order valence-electron chi connectivity index (χ4n) is 5.72. The van der Waals surface area contributed by atoms with Crippen molar-refractivity contribution in [3.63, 3.8) is 0 Å². The van der Waals surface area contributed by atoms with Gasteiger partial charge in [0.2, 0.25) is 0 Å². The van der Waals surface area contributed by atoms with Gasteiger partial charge in [-0.2, -0.15) is 0 Å². The number of methoxy groups -OCH3 is 2. The molecule has 5 rings (SSSR count). The molecule has 0 aromatic heterocycles. The topological polar surface area (TPSA) is 98.8 Å². The quantitative estimate of drug-likeness (QED) is 0.242. The molecular formula is C33H38O9. The van der Waals surface area contributed by atoms with Gasteiger partial charge in [-0.15, -0.1) is 0 Å². The van der Waals surface area contributed by atoms with E-state index in [1.807, 2.05) is 44.2 Å². The molecule has 224 valence electrons. The molecule has 1 saturated carbocycles. The van der Waals surface area contributed by atoms with Crippen LogP contribution in [0.1, 0.15) is 65.8 Å². The molecule has 0 amide bonds. The molecule has 0 N–H and O–H groups in total. The van der Waals surface area contributed by atoms with E-state index in [0.29, 0.717) is 41.0 Å². The van der Waals surface area contributed by atoms with Crippen LogP contribution in [-0.4, -0.2) is 63.2 Å². The molecule has 3 aliphatic rings. The zero-order chi connectivity index (χ0) is 29.7.